The van der Waals surface area contributed by atoms with Crippen LogP contribution in [0.5, 0.6) is 11.5 Å². The summed E-state index contributed by atoms with van der Waals surface area (Å²) in [4.78, 5) is 0. The predicted octanol–water partition coefficient (Wildman–Crippen LogP) is 5.83. The number of phenols is 1. The SMILES string of the molecule is CC(C)=CCC[C@]1(C)COc2c(C)cc(O)c3c2[C@H]1CC[C@H]3C. The Balaban J connectivity index is 2.02. The van der Waals surface area contributed by atoms with Crippen molar-refractivity contribution in [2.75, 3.05) is 6.61 Å². The maximum atomic E-state index is 10.5. The predicted molar refractivity (Wildman–Crippen MR) is 95.5 cm³/mol. The molecule has 3 rings (SSSR count). The van der Waals surface area contributed by atoms with E-state index in [1.165, 1.54) is 17.6 Å². The Morgan fingerprint density at radius 3 is 2.78 bits per heavy atom. The smallest absolute Gasteiger partial charge is 0.126 e. The minimum atomic E-state index is 0.161. The molecule has 1 aromatic rings. The molecular weight excluding hydrogens is 284 g/mol. The second kappa shape index (κ2) is 5.89. The molecule has 0 unspecified atom stereocenters. The summed E-state index contributed by atoms with van der Waals surface area (Å²) in [7, 11) is 0. The topological polar surface area (TPSA) is 29.5 Å². The highest BCUT2D eigenvalue weighted by Crippen LogP contribution is 2.58. The number of benzene rings is 1. The van der Waals surface area contributed by atoms with Gasteiger partial charge in [0.05, 0.1) is 6.61 Å². The lowest BCUT2D eigenvalue weighted by molar-refractivity contribution is 0.0818. The van der Waals surface area contributed by atoms with E-state index in [0.717, 1.165) is 42.7 Å². The quantitative estimate of drug-likeness (QED) is 0.712. The first-order valence-electron chi connectivity index (χ1n) is 8.96. The van der Waals surface area contributed by atoms with Crippen molar-refractivity contribution in [1.29, 1.82) is 0 Å². The molecule has 0 saturated heterocycles. The third kappa shape index (κ3) is 2.77. The molecule has 2 aliphatic rings. The maximum absolute atomic E-state index is 10.5. The summed E-state index contributed by atoms with van der Waals surface area (Å²) in [6, 6.07) is 1.89. The zero-order valence-corrected chi connectivity index (χ0v) is 15.2. The summed E-state index contributed by atoms with van der Waals surface area (Å²) < 4.78 is 6.25. The normalized spacial score (nSPS) is 28.7. The van der Waals surface area contributed by atoms with Crippen LogP contribution in [0.2, 0.25) is 0 Å². The van der Waals surface area contributed by atoms with Crippen LogP contribution in [0.25, 0.3) is 0 Å². The molecule has 1 aliphatic carbocycles. The van der Waals surface area contributed by atoms with Crippen LogP contribution in [-0.4, -0.2) is 11.7 Å². The van der Waals surface area contributed by atoms with E-state index in [-0.39, 0.29) is 5.41 Å². The highest BCUT2D eigenvalue weighted by atomic mass is 16.5. The molecule has 0 amide bonds. The average Bonchev–Trinajstić information content (AvgIpc) is 2.45. The minimum absolute atomic E-state index is 0.161. The Labute approximate surface area is 140 Å². The van der Waals surface area contributed by atoms with Crippen molar-refractivity contribution in [3.8, 4) is 11.5 Å². The zero-order valence-electron chi connectivity index (χ0n) is 15.2. The van der Waals surface area contributed by atoms with Gasteiger partial charge in [0.25, 0.3) is 0 Å². The Kier molecular flexibility index (Phi) is 4.20. The van der Waals surface area contributed by atoms with Crippen molar-refractivity contribution in [1.82, 2.24) is 0 Å². The van der Waals surface area contributed by atoms with Gasteiger partial charge >= 0.3 is 0 Å². The Hall–Kier alpha value is -1.44. The molecule has 1 aliphatic heterocycles. The molecule has 1 heterocycles. The molecule has 0 aromatic heterocycles. The van der Waals surface area contributed by atoms with Crippen LogP contribution in [0.15, 0.2) is 17.7 Å². The van der Waals surface area contributed by atoms with E-state index in [4.69, 9.17) is 4.74 Å². The molecule has 0 fully saturated rings. The van der Waals surface area contributed by atoms with Gasteiger partial charge in [-0.05, 0) is 69.9 Å². The van der Waals surface area contributed by atoms with Gasteiger partial charge in [0, 0.05) is 16.5 Å². The number of ether oxygens (including phenoxy) is 1. The van der Waals surface area contributed by atoms with Crippen LogP contribution in [-0.2, 0) is 0 Å². The van der Waals surface area contributed by atoms with Crippen LogP contribution in [0, 0.1) is 12.3 Å². The molecule has 0 spiro atoms. The zero-order chi connectivity index (χ0) is 16.8. The van der Waals surface area contributed by atoms with Crippen LogP contribution in [0.4, 0.5) is 0 Å². The van der Waals surface area contributed by atoms with Gasteiger partial charge in [0.1, 0.15) is 11.5 Å². The van der Waals surface area contributed by atoms with Gasteiger partial charge in [-0.15, -0.1) is 0 Å². The molecule has 1 N–H and O–H groups in total. The fourth-order valence-electron chi connectivity index (χ4n) is 4.55. The Morgan fingerprint density at radius 1 is 1.35 bits per heavy atom. The van der Waals surface area contributed by atoms with E-state index in [1.54, 1.807) is 0 Å². The van der Waals surface area contributed by atoms with E-state index in [1.807, 2.05) is 6.07 Å². The van der Waals surface area contributed by atoms with Crippen LogP contribution in [0.3, 0.4) is 0 Å². The van der Waals surface area contributed by atoms with Crippen molar-refractivity contribution in [3.63, 3.8) is 0 Å². The highest BCUT2D eigenvalue weighted by molar-refractivity contribution is 5.58. The maximum Gasteiger partial charge on any atom is 0.126 e. The van der Waals surface area contributed by atoms with Crippen molar-refractivity contribution in [2.24, 2.45) is 5.41 Å². The summed E-state index contributed by atoms with van der Waals surface area (Å²) in [6.07, 6.45) is 6.95. The third-order valence-electron chi connectivity index (χ3n) is 5.91. The third-order valence-corrected chi connectivity index (χ3v) is 5.91. The standard InChI is InChI=1S/C21H30O2/c1-13(2)7-6-10-21(5)12-23-20-15(4)11-17(22)18-14(3)8-9-16(21)19(18)20/h7,11,14,16,22H,6,8-10,12H2,1-5H3/t14-,16-,21-/m1/s1. The molecule has 0 bridgehead atoms. The second-order valence-corrected chi connectivity index (χ2v) is 8.16. The van der Waals surface area contributed by atoms with Gasteiger partial charge in [-0.3, -0.25) is 0 Å². The van der Waals surface area contributed by atoms with E-state index in [9.17, 15) is 5.11 Å². The molecule has 23 heavy (non-hydrogen) atoms. The lowest BCUT2D eigenvalue weighted by Crippen LogP contribution is -2.39. The summed E-state index contributed by atoms with van der Waals surface area (Å²) >= 11 is 0. The van der Waals surface area contributed by atoms with Gasteiger partial charge in [-0.1, -0.05) is 25.5 Å². The molecule has 2 nitrogen and oxygen atoms in total. The number of phenolic OH excluding ortho intramolecular Hbond substituents is 1. The number of aryl methyl sites for hydroxylation is 1. The molecule has 3 atom stereocenters. The summed E-state index contributed by atoms with van der Waals surface area (Å²) in [5, 5.41) is 10.5. The molecule has 1 aromatic carbocycles. The second-order valence-electron chi connectivity index (χ2n) is 8.16. The fourth-order valence-corrected chi connectivity index (χ4v) is 4.55. The fraction of sp³-hybridized carbons (Fsp3) is 0.619. The van der Waals surface area contributed by atoms with Gasteiger partial charge < -0.3 is 9.84 Å². The number of rotatable bonds is 3. The first kappa shape index (κ1) is 16.4. The Bertz CT molecular complexity index is 640. The van der Waals surface area contributed by atoms with Crippen molar-refractivity contribution >= 4 is 0 Å². The number of aromatic hydroxyl groups is 1. The highest BCUT2D eigenvalue weighted by Gasteiger charge is 2.45. The lowest BCUT2D eigenvalue weighted by Gasteiger charge is -2.47. The van der Waals surface area contributed by atoms with E-state index in [2.05, 4.69) is 40.7 Å². The van der Waals surface area contributed by atoms with E-state index < -0.39 is 0 Å². The van der Waals surface area contributed by atoms with Gasteiger partial charge in [-0.25, -0.2) is 0 Å². The van der Waals surface area contributed by atoms with Crippen molar-refractivity contribution < 1.29 is 9.84 Å². The lowest BCUT2D eigenvalue weighted by atomic mass is 9.62. The summed E-state index contributed by atoms with van der Waals surface area (Å²) in [5.74, 6) is 2.45. The van der Waals surface area contributed by atoms with Crippen molar-refractivity contribution in [2.45, 2.75) is 72.1 Å². The molecule has 126 valence electrons. The Morgan fingerprint density at radius 2 is 2.09 bits per heavy atom. The monoisotopic (exact) mass is 314 g/mol. The first-order valence-corrected chi connectivity index (χ1v) is 8.96. The molecule has 2 heteroatoms. The molecule has 0 radical (unpaired) electrons. The van der Waals surface area contributed by atoms with Crippen molar-refractivity contribution in [3.05, 3.63) is 34.4 Å². The number of allylic oxidation sites excluding steroid dienone is 2. The van der Waals surface area contributed by atoms with Crippen LogP contribution < -0.4 is 4.74 Å². The number of hydrogen-bond donors (Lipinski definition) is 1. The molecule has 0 saturated carbocycles. The van der Waals surface area contributed by atoms with E-state index in [0.29, 0.717) is 17.6 Å². The van der Waals surface area contributed by atoms with E-state index >= 15 is 0 Å². The molecular formula is C21H30O2. The average molecular weight is 314 g/mol. The van der Waals surface area contributed by atoms with Gasteiger partial charge in [0.15, 0.2) is 0 Å². The summed E-state index contributed by atoms with van der Waals surface area (Å²) in [5.41, 5.74) is 5.08. The minimum Gasteiger partial charge on any atom is -0.508 e. The summed E-state index contributed by atoms with van der Waals surface area (Å²) in [6.45, 7) is 11.8. The van der Waals surface area contributed by atoms with Crippen LogP contribution in [0.1, 0.15) is 81.9 Å². The van der Waals surface area contributed by atoms with Gasteiger partial charge in [-0.2, -0.15) is 0 Å². The number of hydrogen-bond acceptors (Lipinski definition) is 2. The van der Waals surface area contributed by atoms with Crippen LogP contribution >= 0.6 is 0 Å². The first-order chi connectivity index (χ1) is 10.8. The largest absolute Gasteiger partial charge is 0.508 e. The van der Waals surface area contributed by atoms with Gasteiger partial charge in [0.2, 0.25) is 0 Å².